The monoisotopic (exact) mass is 307 g/mol. The van der Waals surface area contributed by atoms with Crippen molar-refractivity contribution in [2.24, 2.45) is 0 Å². The largest absolute Gasteiger partial charge is 0.367 e. The highest BCUT2D eigenvalue weighted by molar-refractivity contribution is 8.71. The van der Waals surface area contributed by atoms with Crippen molar-refractivity contribution in [3.8, 4) is 0 Å². The topological polar surface area (TPSA) is 63.7 Å². The summed E-state index contributed by atoms with van der Waals surface area (Å²) in [5.74, 6) is -0.0147. The van der Waals surface area contributed by atoms with Crippen LogP contribution in [0, 0.1) is 0 Å². The quantitative estimate of drug-likeness (QED) is 0.584. The van der Waals surface area contributed by atoms with E-state index >= 15 is 0 Å². The van der Waals surface area contributed by atoms with Gasteiger partial charge >= 0.3 is 5.97 Å². The molecule has 0 aromatic heterocycles. The van der Waals surface area contributed by atoms with Gasteiger partial charge in [-0.15, -0.1) is 5.06 Å². The zero-order chi connectivity index (χ0) is 15.1. The molecule has 0 N–H and O–H groups in total. The van der Waals surface area contributed by atoms with E-state index in [2.05, 4.69) is 0 Å². The van der Waals surface area contributed by atoms with Crippen molar-refractivity contribution in [2.75, 3.05) is 12.0 Å². The average Bonchev–Trinajstić information content (AvgIpc) is 2.33. The second-order valence-corrected chi connectivity index (χ2v) is 10.2. The van der Waals surface area contributed by atoms with Gasteiger partial charge in [0.2, 0.25) is 0 Å². The summed E-state index contributed by atoms with van der Waals surface area (Å²) in [7, 11) is -2.20. The summed E-state index contributed by atoms with van der Waals surface area (Å²) in [6.45, 7) is 9.04. The van der Waals surface area contributed by atoms with E-state index in [0.29, 0.717) is 5.75 Å². The maximum Gasteiger partial charge on any atom is 0.322 e. The van der Waals surface area contributed by atoms with Crippen molar-refractivity contribution < 1.29 is 18.0 Å². The van der Waals surface area contributed by atoms with Crippen LogP contribution < -0.4 is 0 Å². The van der Waals surface area contributed by atoms with Gasteiger partial charge in [-0.25, -0.2) is 8.42 Å². The normalized spacial score (nSPS) is 22.1. The lowest BCUT2D eigenvalue weighted by atomic mass is 9.98. The van der Waals surface area contributed by atoms with Crippen LogP contribution in [0.3, 0.4) is 0 Å². The molecule has 7 heteroatoms. The minimum Gasteiger partial charge on any atom is -0.367 e. The maximum atomic E-state index is 11.3. The maximum absolute atomic E-state index is 11.3. The molecule has 0 radical (unpaired) electrons. The second-order valence-electron chi connectivity index (χ2n) is 5.73. The van der Waals surface area contributed by atoms with Crippen molar-refractivity contribution in [1.82, 2.24) is 5.06 Å². The third-order valence-electron chi connectivity index (χ3n) is 2.99. The molecule has 0 aliphatic carbocycles. The highest BCUT2D eigenvalue weighted by Crippen LogP contribution is 2.41. The lowest BCUT2D eigenvalue weighted by Gasteiger charge is -2.39. The number of hydrogen-bond donors (Lipinski definition) is 0. The van der Waals surface area contributed by atoms with Crippen LogP contribution in [-0.2, 0) is 18.5 Å². The fourth-order valence-corrected chi connectivity index (χ4v) is 4.06. The minimum atomic E-state index is -3.09. The molecular weight excluding hydrogens is 286 g/mol. The van der Waals surface area contributed by atoms with Crippen LogP contribution in [0.25, 0.3) is 0 Å². The molecule has 1 rings (SSSR count). The van der Waals surface area contributed by atoms with Gasteiger partial charge in [0, 0.05) is 18.9 Å². The van der Waals surface area contributed by atoms with Gasteiger partial charge in [0.1, 0.15) is 0 Å². The molecule has 0 saturated carbocycles. The molecule has 110 valence electrons. The molecule has 0 fully saturated rings. The Labute approximate surface area is 118 Å². The summed E-state index contributed by atoms with van der Waals surface area (Å²) in [5.41, 5.74) is -0.0377. The van der Waals surface area contributed by atoms with E-state index in [1.165, 1.54) is 13.2 Å². The van der Waals surface area contributed by atoms with Crippen molar-refractivity contribution in [1.29, 1.82) is 0 Å². The first-order valence-electron chi connectivity index (χ1n) is 5.92. The number of carbonyl (C=O) groups is 1. The SMILES string of the molecule is CC(=O)ON1C(C)(C)C=C(CSS(C)(=O)=O)C1(C)C. The third kappa shape index (κ3) is 3.97. The number of hydroxylamine groups is 2. The Balaban J connectivity index is 2.98. The Morgan fingerprint density at radius 2 is 1.89 bits per heavy atom. The van der Waals surface area contributed by atoms with Crippen LogP contribution >= 0.6 is 10.8 Å². The molecular formula is C12H21NO4S2. The molecule has 1 aliphatic heterocycles. The first kappa shape index (κ1) is 16.5. The minimum absolute atomic E-state index is 0.368. The predicted molar refractivity (Wildman–Crippen MR) is 77.1 cm³/mol. The summed E-state index contributed by atoms with van der Waals surface area (Å²) >= 11 is 0. The van der Waals surface area contributed by atoms with Gasteiger partial charge < -0.3 is 4.84 Å². The van der Waals surface area contributed by atoms with Gasteiger partial charge in [0.05, 0.1) is 11.1 Å². The molecule has 0 unspecified atom stereocenters. The van der Waals surface area contributed by atoms with E-state index in [4.69, 9.17) is 4.84 Å². The smallest absolute Gasteiger partial charge is 0.322 e. The molecule has 0 aromatic rings. The molecule has 0 atom stereocenters. The Kier molecular flexibility index (Phi) is 4.44. The Hall–Kier alpha value is -0.530. The van der Waals surface area contributed by atoms with Crippen LogP contribution in [-0.4, -0.2) is 42.5 Å². The fraction of sp³-hybridized carbons (Fsp3) is 0.750. The van der Waals surface area contributed by atoms with Gasteiger partial charge in [-0.2, -0.15) is 0 Å². The lowest BCUT2D eigenvalue weighted by molar-refractivity contribution is -0.228. The number of rotatable bonds is 4. The number of hydrogen-bond acceptors (Lipinski definition) is 6. The first-order chi connectivity index (χ1) is 8.36. The van der Waals surface area contributed by atoms with Crippen molar-refractivity contribution >= 4 is 25.6 Å². The molecule has 0 bridgehead atoms. The molecule has 0 amide bonds. The average molecular weight is 307 g/mol. The van der Waals surface area contributed by atoms with E-state index in [9.17, 15) is 13.2 Å². The van der Waals surface area contributed by atoms with E-state index in [1.807, 2.05) is 33.8 Å². The molecule has 1 heterocycles. The van der Waals surface area contributed by atoms with Crippen molar-refractivity contribution in [3.63, 3.8) is 0 Å². The number of nitrogens with zero attached hydrogens (tertiary/aromatic N) is 1. The van der Waals surface area contributed by atoms with Gasteiger partial charge in [-0.1, -0.05) is 6.08 Å². The van der Waals surface area contributed by atoms with E-state index < -0.39 is 19.9 Å². The Bertz CT molecular complexity index is 506. The van der Waals surface area contributed by atoms with E-state index in [-0.39, 0.29) is 5.97 Å². The second kappa shape index (κ2) is 5.10. The molecule has 19 heavy (non-hydrogen) atoms. The predicted octanol–water partition coefficient (Wildman–Crippen LogP) is 1.96. The van der Waals surface area contributed by atoms with Crippen LogP contribution in [0.4, 0.5) is 0 Å². The summed E-state index contributed by atoms with van der Waals surface area (Å²) in [5, 5.41) is 1.63. The third-order valence-corrected chi connectivity index (χ3v) is 5.49. The molecule has 0 spiro atoms. The zero-order valence-corrected chi connectivity index (χ0v) is 13.8. The van der Waals surface area contributed by atoms with Crippen molar-refractivity contribution in [3.05, 3.63) is 11.6 Å². The van der Waals surface area contributed by atoms with E-state index in [0.717, 1.165) is 16.4 Å². The van der Waals surface area contributed by atoms with Gasteiger partial charge in [0.25, 0.3) is 0 Å². The summed E-state index contributed by atoms with van der Waals surface area (Å²) in [4.78, 5) is 16.5. The molecule has 0 saturated heterocycles. The summed E-state index contributed by atoms with van der Waals surface area (Å²) in [6.07, 6.45) is 3.16. The Morgan fingerprint density at radius 1 is 1.37 bits per heavy atom. The van der Waals surface area contributed by atoms with Crippen molar-refractivity contribution in [2.45, 2.75) is 45.7 Å². The van der Waals surface area contributed by atoms with Gasteiger partial charge in [-0.05, 0) is 44.1 Å². The van der Waals surface area contributed by atoms with Gasteiger partial charge in [0.15, 0.2) is 8.87 Å². The van der Waals surface area contributed by atoms with Crippen LogP contribution in [0.2, 0.25) is 0 Å². The van der Waals surface area contributed by atoms with Crippen LogP contribution in [0.5, 0.6) is 0 Å². The summed E-state index contributed by atoms with van der Waals surface area (Å²) < 4.78 is 22.5. The van der Waals surface area contributed by atoms with Crippen LogP contribution in [0.1, 0.15) is 34.6 Å². The number of carbonyl (C=O) groups excluding carboxylic acids is 1. The standard InChI is InChI=1S/C12H21NO4S2/c1-9(14)17-13-11(2,3)7-10(12(13,4)5)8-18-19(6,15)16/h7H,8H2,1-6H3. The van der Waals surface area contributed by atoms with Crippen LogP contribution in [0.15, 0.2) is 11.6 Å². The highest BCUT2D eigenvalue weighted by atomic mass is 33.1. The Morgan fingerprint density at radius 3 is 2.32 bits per heavy atom. The highest BCUT2D eigenvalue weighted by Gasteiger charge is 2.48. The molecule has 1 aliphatic rings. The van der Waals surface area contributed by atoms with E-state index in [1.54, 1.807) is 5.06 Å². The molecule has 5 nitrogen and oxygen atoms in total. The zero-order valence-electron chi connectivity index (χ0n) is 12.2. The van der Waals surface area contributed by atoms with Gasteiger partial charge in [-0.3, -0.25) is 4.79 Å². The first-order valence-corrected chi connectivity index (χ1v) is 9.31. The molecule has 0 aromatic carbocycles. The summed E-state index contributed by atoms with van der Waals surface area (Å²) in [6, 6.07) is 0. The fourth-order valence-electron chi connectivity index (χ4n) is 2.26. The lowest BCUT2D eigenvalue weighted by Crippen LogP contribution is -2.51.